The van der Waals surface area contributed by atoms with Crippen LogP contribution in [0, 0.1) is 5.41 Å². The number of hydrogen-bond donors (Lipinski definition) is 1. The highest BCUT2D eigenvalue weighted by Crippen LogP contribution is 2.30. The number of amides is 1. The van der Waals surface area contributed by atoms with E-state index in [-0.39, 0.29) is 24.4 Å². The Morgan fingerprint density at radius 3 is 2.78 bits per heavy atom. The zero-order valence-corrected chi connectivity index (χ0v) is 12.7. The van der Waals surface area contributed by atoms with E-state index >= 15 is 0 Å². The first-order chi connectivity index (χ1) is 10.9. The molecule has 7 heteroatoms. The summed E-state index contributed by atoms with van der Waals surface area (Å²) in [4.78, 5) is 37.1. The summed E-state index contributed by atoms with van der Waals surface area (Å²) < 4.78 is 1.48. The average molecular weight is 315 g/mol. The Hall–Kier alpha value is -2.70. The SMILES string of the molecule is CC1(C(=O)O)CCN(C(=O)Cn2ncc(=O)c3ccccc32)C1. The maximum Gasteiger partial charge on any atom is 0.311 e. The van der Waals surface area contributed by atoms with Crippen LogP contribution in [0.1, 0.15) is 13.3 Å². The summed E-state index contributed by atoms with van der Waals surface area (Å²) in [5, 5.41) is 13.8. The van der Waals surface area contributed by atoms with Crippen LogP contribution in [-0.4, -0.2) is 44.8 Å². The number of carboxylic acid groups (broad SMARTS) is 1. The van der Waals surface area contributed by atoms with Crippen molar-refractivity contribution in [3.8, 4) is 0 Å². The number of aliphatic carboxylic acids is 1. The molecule has 1 N–H and O–H groups in total. The van der Waals surface area contributed by atoms with E-state index in [0.29, 0.717) is 23.9 Å². The number of hydrogen-bond acceptors (Lipinski definition) is 4. The largest absolute Gasteiger partial charge is 0.481 e. The predicted molar refractivity (Wildman–Crippen MR) is 82.9 cm³/mol. The fourth-order valence-electron chi connectivity index (χ4n) is 2.86. The van der Waals surface area contributed by atoms with E-state index in [2.05, 4.69) is 5.10 Å². The molecular formula is C16H17N3O4. The van der Waals surface area contributed by atoms with Crippen LogP contribution in [0.25, 0.3) is 10.9 Å². The molecule has 1 atom stereocenters. The Morgan fingerprint density at radius 2 is 2.09 bits per heavy atom. The molecule has 0 bridgehead atoms. The molecule has 1 unspecified atom stereocenters. The van der Waals surface area contributed by atoms with Gasteiger partial charge in [-0.05, 0) is 25.5 Å². The number of carboxylic acids is 1. The smallest absolute Gasteiger partial charge is 0.311 e. The number of benzene rings is 1. The molecule has 7 nitrogen and oxygen atoms in total. The quantitative estimate of drug-likeness (QED) is 0.901. The summed E-state index contributed by atoms with van der Waals surface area (Å²) in [6.45, 7) is 2.24. The number of aromatic nitrogens is 2. The van der Waals surface area contributed by atoms with Crippen molar-refractivity contribution < 1.29 is 14.7 Å². The lowest BCUT2D eigenvalue weighted by Gasteiger charge is -2.20. The standard InChI is InChI=1S/C16H17N3O4/c1-16(15(22)23)6-7-18(10-16)14(21)9-19-12-5-3-2-4-11(12)13(20)8-17-19/h2-5,8H,6-7,9-10H2,1H3,(H,22,23). The molecule has 1 aliphatic rings. The average Bonchev–Trinajstić information content (AvgIpc) is 2.94. The first kappa shape index (κ1) is 15.2. The van der Waals surface area contributed by atoms with Crippen LogP contribution < -0.4 is 5.43 Å². The van der Waals surface area contributed by atoms with Crippen molar-refractivity contribution in [2.24, 2.45) is 5.41 Å². The second-order valence-electron chi connectivity index (χ2n) is 6.11. The maximum atomic E-state index is 12.4. The lowest BCUT2D eigenvalue weighted by Crippen LogP contribution is -2.37. The van der Waals surface area contributed by atoms with Crippen molar-refractivity contribution in [3.63, 3.8) is 0 Å². The number of carbonyl (C=O) groups is 2. The minimum Gasteiger partial charge on any atom is -0.481 e. The van der Waals surface area contributed by atoms with Gasteiger partial charge >= 0.3 is 5.97 Å². The van der Waals surface area contributed by atoms with E-state index in [0.717, 1.165) is 0 Å². The van der Waals surface area contributed by atoms with Crippen molar-refractivity contribution in [2.45, 2.75) is 19.9 Å². The Kier molecular flexibility index (Phi) is 3.63. The summed E-state index contributed by atoms with van der Waals surface area (Å²) in [5.41, 5.74) is -0.494. The van der Waals surface area contributed by atoms with Crippen LogP contribution >= 0.6 is 0 Å². The van der Waals surface area contributed by atoms with Gasteiger partial charge in [0.05, 0.1) is 17.1 Å². The number of fused-ring (bicyclic) bond motifs is 1. The maximum absolute atomic E-state index is 12.4. The monoisotopic (exact) mass is 315 g/mol. The van der Waals surface area contributed by atoms with Crippen molar-refractivity contribution >= 4 is 22.8 Å². The lowest BCUT2D eigenvalue weighted by atomic mass is 9.90. The van der Waals surface area contributed by atoms with Gasteiger partial charge in [-0.3, -0.25) is 19.1 Å². The summed E-state index contributed by atoms with van der Waals surface area (Å²) in [6.07, 6.45) is 1.63. The van der Waals surface area contributed by atoms with E-state index in [1.165, 1.54) is 10.9 Å². The molecule has 1 amide bonds. The molecule has 1 fully saturated rings. The Morgan fingerprint density at radius 1 is 1.35 bits per heavy atom. The summed E-state index contributed by atoms with van der Waals surface area (Å²) in [5.74, 6) is -1.09. The molecule has 0 aliphatic carbocycles. The van der Waals surface area contributed by atoms with Gasteiger partial charge in [0.25, 0.3) is 0 Å². The zero-order valence-electron chi connectivity index (χ0n) is 12.7. The van der Waals surface area contributed by atoms with Gasteiger partial charge in [0.1, 0.15) is 6.54 Å². The van der Waals surface area contributed by atoms with Crippen LogP contribution in [0.3, 0.4) is 0 Å². The second-order valence-corrected chi connectivity index (χ2v) is 6.11. The molecule has 0 radical (unpaired) electrons. The molecule has 120 valence electrons. The first-order valence-electron chi connectivity index (χ1n) is 7.37. The molecule has 2 aromatic rings. The summed E-state index contributed by atoms with van der Waals surface area (Å²) in [6, 6.07) is 6.97. The van der Waals surface area contributed by atoms with Crippen molar-refractivity contribution in [3.05, 3.63) is 40.7 Å². The number of para-hydroxylation sites is 1. The minimum atomic E-state index is -0.894. The van der Waals surface area contributed by atoms with Gasteiger partial charge in [0, 0.05) is 18.5 Å². The van der Waals surface area contributed by atoms with Crippen LogP contribution in [0.5, 0.6) is 0 Å². The van der Waals surface area contributed by atoms with E-state index in [4.69, 9.17) is 0 Å². The number of carbonyl (C=O) groups excluding carboxylic acids is 1. The van der Waals surface area contributed by atoms with Gasteiger partial charge in [-0.25, -0.2) is 0 Å². The van der Waals surface area contributed by atoms with E-state index in [1.807, 2.05) is 0 Å². The number of nitrogens with zero attached hydrogens (tertiary/aromatic N) is 3. The normalized spacial score (nSPS) is 20.8. The minimum absolute atomic E-state index is 0.0174. The van der Waals surface area contributed by atoms with E-state index in [9.17, 15) is 19.5 Å². The second kappa shape index (κ2) is 5.49. The third kappa shape index (κ3) is 2.69. The van der Waals surface area contributed by atoms with Crippen LogP contribution in [0.4, 0.5) is 0 Å². The molecule has 1 aromatic heterocycles. The fraction of sp³-hybridized carbons (Fsp3) is 0.375. The molecular weight excluding hydrogens is 298 g/mol. The summed E-state index contributed by atoms with van der Waals surface area (Å²) in [7, 11) is 0. The third-order valence-electron chi connectivity index (χ3n) is 4.39. The molecule has 23 heavy (non-hydrogen) atoms. The lowest BCUT2D eigenvalue weighted by molar-refractivity contribution is -0.147. The molecule has 3 rings (SSSR count). The van der Waals surface area contributed by atoms with Crippen LogP contribution in [0.15, 0.2) is 35.3 Å². The van der Waals surface area contributed by atoms with Crippen molar-refractivity contribution in [2.75, 3.05) is 13.1 Å². The zero-order chi connectivity index (χ0) is 16.6. The van der Waals surface area contributed by atoms with Gasteiger partial charge in [-0.1, -0.05) is 12.1 Å². The highest BCUT2D eigenvalue weighted by molar-refractivity contribution is 5.83. The highest BCUT2D eigenvalue weighted by Gasteiger charge is 2.42. The van der Waals surface area contributed by atoms with Crippen LogP contribution in [-0.2, 0) is 16.1 Å². The van der Waals surface area contributed by atoms with Gasteiger partial charge in [0.2, 0.25) is 11.3 Å². The van der Waals surface area contributed by atoms with Gasteiger partial charge < -0.3 is 10.0 Å². The molecule has 1 aromatic carbocycles. The number of rotatable bonds is 3. The molecule has 2 heterocycles. The molecule has 0 spiro atoms. The predicted octanol–water partition coefficient (Wildman–Crippen LogP) is 0.720. The van der Waals surface area contributed by atoms with Gasteiger partial charge in [-0.15, -0.1) is 0 Å². The Balaban J connectivity index is 1.84. The summed E-state index contributed by atoms with van der Waals surface area (Å²) >= 11 is 0. The van der Waals surface area contributed by atoms with Gasteiger partial charge in [-0.2, -0.15) is 5.10 Å². The highest BCUT2D eigenvalue weighted by atomic mass is 16.4. The van der Waals surface area contributed by atoms with Crippen LogP contribution in [0.2, 0.25) is 0 Å². The molecule has 1 saturated heterocycles. The fourth-order valence-corrected chi connectivity index (χ4v) is 2.86. The number of likely N-dealkylation sites (tertiary alicyclic amines) is 1. The van der Waals surface area contributed by atoms with E-state index < -0.39 is 11.4 Å². The topological polar surface area (TPSA) is 92.5 Å². The third-order valence-corrected chi connectivity index (χ3v) is 4.39. The first-order valence-corrected chi connectivity index (χ1v) is 7.37. The van der Waals surface area contributed by atoms with Crippen molar-refractivity contribution in [1.29, 1.82) is 0 Å². The Labute approximate surface area is 132 Å². The molecule has 1 aliphatic heterocycles. The molecule has 0 saturated carbocycles. The van der Waals surface area contributed by atoms with Gasteiger partial charge in [0.15, 0.2) is 0 Å². The Bertz CT molecular complexity index is 845. The van der Waals surface area contributed by atoms with E-state index in [1.54, 1.807) is 36.1 Å². The van der Waals surface area contributed by atoms with Crippen molar-refractivity contribution in [1.82, 2.24) is 14.7 Å².